The molecule has 1 aliphatic rings. The topological polar surface area (TPSA) is 79.2 Å². The van der Waals surface area contributed by atoms with Gasteiger partial charge in [0.2, 0.25) is 5.56 Å². The molecule has 110 valence electrons. The van der Waals surface area contributed by atoms with Crippen LogP contribution >= 0.6 is 0 Å². The van der Waals surface area contributed by atoms with Crippen LogP contribution in [0.3, 0.4) is 0 Å². The minimum Gasteiger partial charge on any atom is -0.338 e. The van der Waals surface area contributed by atoms with Crippen molar-refractivity contribution in [2.75, 3.05) is 19.6 Å². The van der Waals surface area contributed by atoms with E-state index in [2.05, 4.69) is 4.98 Å². The van der Waals surface area contributed by atoms with Crippen LogP contribution in [0.5, 0.6) is 0 Å². The molecule has 0 spiro atoms. The lowest BCUT2D eigenvalue weighted by Gasteiger charge is -2.32. The molecule has 1 atom stereocenters. The zero-order valence-corrected chi connectivity index (χ0v) is 11.8. The van der Waals surface area contributed by atoms with Crippen molar-refractivity contribution >= 4 is 16.8 Å². The second-order valence-corrected chi connectivity index (χ2v) is 5.59. The molecule has 1 aromatic carbocycles. The lowest BCUT2D eigenvalue weighted by molar-refractivity contribution is 0.0680. The lowest BCUT2D eigenvalue weighted by atomic mass is 9.97. The number of nitrogens with one attached hydrogen (secondary N) is 1. The summed E-state index contributed by atoms with van der Waals surface area (Å²) < 4.78 is 0. The fourth-order valence-electron chi connectivity index (χ4n) is 2.99. The summed E-state index contributed by atoms with van der Waals surface area (Å²) in [7, 11) is 0. The normalized spacial score (nSPS) is 18.9. The molecule has 5 heteroatoms. The van der Waals surface area contributed by atoms with Crippen molar-refractivity contribution in [1.29, 1.82) is 0 Å². The van der Waals surface area contributed by atoms with Crippen LogP contribution in [0.4, 0.5) is 0 Å². The summed E-state index contributed by atoms with van der Waals surface area (Å²) in [6, 6.07) is 8.79. The Hall–Kier alpha value is -2.14. The van der Waals surface area contributed by atoms with E-state index in [1.807, 2.05) is 29.2 Å². The van der Waals surface area contributed by atoms with Crippen molar-refractivity contribution in [2.45, 2.75) is 12.8 Å². The van der Waals surface area contributed by atoms with Crippen LogP contribution in [0.2, 0.25) is 0 Å². The number of para-hydroxylation sites is 1. The SMILES string of the molecule is NCC1CCCN(C(=O)c2cc(=O)[nH]c3ccccc23)C1. The number of fused-ring (bicyclic) bond motifs is 1. The van der Waals surface area contributed by atoms with Gasteiger partial charge in [-0.25, -0.2) is 0 Å². The molecule has 5 nitrogen and oxygen atoms in total. The predicted molar refractivity (Wildman–Crippen MR) is 82.3 cm³/mol. The fourth-order valence-corrected chi connectivity index (χ4v) is 2.99. The average molecular weight is 285 g/mol. The van der Waals surface area contributed by atoms with Gasteiger partial charge in [0.1, 0.15) is 0 Å². The molecule has 2 heterocycles. The van der Waals surface area contributed by atoms with Crippen LogP contribution in [0.1, 0.15) is 23.2 Å². The Morgan fingerprint density at radius 2 is 2.19 bits per heavy atom. The summed E-state index contributed by atoms with van der Waals surface area (Å²) in [6.07, 6.45) is 2.03. The van der Waals surface area contributed by atoms with Crippen LogP contribution in [-0.4, -0.2) is 35.4 Å². The largest absolute Gasteiger partial charge is 0.338 e. The predicted octanol–water partition coefficient (Wildman–Crippen LogP) is 1.34. The summed E-state index contributed by atoms with van der Waals surface area (Å²) in [5.74, 6) is 0.284. The molecular weight excluding hydrogens is 266 g/mol. The van der Waals surface area contributed by atoms with Crippen LogP contribution in [0.15, 0.2) is 35.1 Å². The smallest absolute Gasteiger partial charge is 0.254 e. The van der Waals surface area contributed by atoms with Crippen molar-refractivity contribution in [3.63, 3.8) is 0 Å². The molecule has 0 bridgehead atoms. The Kier molecular flexibility index (Phi) is 3.75. The van der Waals surface area contributed by atoms with Gasteiger partial charge in [-0.3, -0.25) is 9.59 Å². The first-order chi connectivity index (χ1) is 10.2. The van der Waals surface area contributed by atoms with Crippen molar-refractivity contribution < 1.29 is 4.79 Å². The van der Waals surface area contributed by atoms with Gasteiger partial charge in [-0.15, -0.1) is 0 Å². The maximum atomic E-state index is 12.8. The molecule has 3 N–H and O–H groups in total. The lowest BCUT2D eigenvalue weighted by Crippen LogP contribution is -2.42. The molecule has 1 fully saturated rings. The van der Waals surface area contributed by atoms with Gasteiger partial charge in [0, 0.05) is 30.1 Å². The number of nitrogens with zero attached hydrogens (tertiary/aromatic N) is 1. The Morgan fingerprint density at radius 3 is 3.00 bits per heavy atom. The van der Waals surface area contributed by atoms with Crippen molar-refractivity contribution in [3.05, 3.63) is 46.2 Å². The van der Waals surface area contributed by atoms with E-state index in [0.29, 0.717) is 30.1 Å². The van der Waals surface area contributed by atoms with Gasteiger partial charge in [-0.05, 0) is 31.4 Å². The van der Waals surface area contributed by atoms with E-state index in [-0.39, 0.29) is 11.5 Å². The second-order valence-electron chi connectivity index (χ2n) is 5.59. The average Bonchev–Trinajstić information content (AvgIpc) is 2.53. The number of carbonyl (C=O) groups is 1. The summed E-state index contributed by atoms with van der Waals surface area (Å²) in [5.41, 5.74) is 6.65. The van der Waals surface area contributed by atoms with E-state index < -0.39 is 0 Å². The number of benzene rings is 1. The number of aromatic nitrogens is 1. The highest BCUT2D eigenvalue weighted by Gasteiger charge is 2.25. The van der Waals surface area contributed by atoms with Crippen LogP contribution in [-0.2, 0) is 0 Å². The number of H-pyrrole nitrogens is 1. The highest BCUT2D eigenvalue weighted by Crippen LogP contribution is 2.21. The zero-order valence-electron chi connectivity index (χ0n) is 11.8. The van der Waals surface area contributed by atoms with Gasteiger partial charge in [-0.2, -0.15) is 0 Å². The number of hydrogen-bond acceptors (Lipinski definition) is 3. The fraction of sp³-hybridized carbons (Fsp3) is 0.375. The molecule has 3 rings (SSSR count). The van der Waals surface area contributed by atoms with Gasteiger partial charge < -0.3 is 15.6 Å². The summed E-state index contributed by atoms with van der Waals surface area (Å²) >= 11 is 0. The van der Waals surface area contributed by atoms with Gasteiger partial charge >= 0.3 is 0 Å². The van der Waals surface area contributed by atoms with Crippen LogP contribution in [0, 0.1) is 5.92 Å². The molecule has 1 amide bonds. The molecule has 1 saturated heterocycles. The van der Waals surface area contributed by atoms with E-state index in [1.165, 1.54) is 6.07 Å². The molecule has 1 aromatic heterocycles. The highest BCUT2D eigenvalue weighted by molar-refractivity contribution is 6.05. The molecule has 2 aromatic rings. The number of pyridine rings is 1. The minimum absolute atomic E-state index is 0.0737. The van der Waals surface area contributed by atoms with Crippen LogP contribution < -0.4 is 11.3 Å². The quantitative estimate of drug-likeness (QED) is 0.874. The van der Waals surface area contributed by atoms with E-state index in [0.717, 1.165) is 24.8 Å². The second kappa shape index (κ2) is 5.69. The molecule has 1 aliphatic heterocycles. The Bertz CT molecular complexity index is 723. The third-order valence-corrected chi connectivity index (χ3v) is 4.12. The molecule has 0 saturated carbocycles. The summed E-state index contributed by atoms with van der Waals surface area (Å²) in [6.45, 7) is 2.01. The number of aromatic amines is 1. The molecule has 0 radical (unpaired) electrons. The number of carbonyl (C=O) groups excluding carboxylic acids is 1. The number of nitrogens with two attached hydrogens (primary N) is 1. The first kappa shape index (κ1) is 13.8. The number of amides is 1. The molecule has 1 unspecified atom stereocenters. The molecular formula is C16H19N3O2. The summed E-state index contributed by atoms with van der Waals surface area (Å²) in [4.78, 5) is 29.1. The standard InChI is InChI=1S/C16H19N3O2/c17-9-11-4-3-7-19(10-11)16(21)13-8-15(20)18-14-6-2-1-5-12(13)14/h1-2,5-6,8,11H,3-4,7,9-10,17H2,(H,18,20). The number of rotatable bonds is 2. The number of hydrogen-bond donors (Lipinski definition) is 2. The van der Waals surface area contributed by atoms with Gasteiger partial charge in [-0.1, -0.05) is 18.2 Å². The Labute approximate surface area is 122 Å². The van der Waals surface area contributed by atoms with Crippen LogP contribution in [0.25, 0.3) is 10.9 Å². The van der Waals surface area contributed by atoms with Gasteiger partial charge in [0.25, 0.3) is 5.91 Å². The molecule has 0 aliphatic carbocycles. The van der Waals surface area contributed by atoms with Gasteiger partial charge in [0.05, 0.1) is 5.56 Å². The zero-order chi connectivity index (χ0) is 14.8. The monoisotopic (exact) mass is 285 g/mol. The van der Waals surface area contributed by atoms with Gasteiger partial charge in [0.15, 0.2) is 0 Å². The minimum atomic E-state index is -0.246. The number of likely N-dealkylation sites (tertiary alicyclic amines) is 1. The van der Waals surface area contributed by atoms with E-state index in [9.17, 15) is 9.59 Å². The van der Waals surface area contributed by atoms with E-state index >= 15 is 0 Å². The first-order valence-corrected chi connectivity index (χ1v) is 7.30. The van der Waals surface area contributed by atoms with E-state index in [4.69, 9.17) is 5.73 Å². The third kappa shape index (κ3) is 2.69. The van der Waals surface area contributed by atoms with Crippen molar-refractivity contribution in [1.82, 2.24) is 9.88 Å². The Morgan fingerprint density at radius 1 is 1.38 bits per heavy atom. The third-order valence-electron chi connectivity index (χ3n) is 4.12. The van der Waals surface area contributed by atoms with E-state index in [1.54, 1.807) is 0 Å². The highest BCUT2D eigenvalue weighted by atomic mass is 16.2. The number of piperidine rings is 1. The van der Waals surface area contributed by atoms with Crippen molar-refractivity contribution in [3.8, 4) is 0 Å². The maximum absolute atomic E-state index is 12.8. The van der Waals surface area contributed by atoms with Crippen molar-refractivity contribution in [2.24, 2.45) is 11.7 Å². The summed E-state index contributed by atoms with van der Waals surface area (Å²) in [5, 5.41) is 0.789. The first-order valence-electron chi connectivity index (χ1n) is 7.30. The maximum Gasteiger partial charge on any atom is 0.254 e. The molecule has 21 heavy (non-hydrogen) atoms. The Balaban J connectivity index is 1.99.